The van der Waals surface area contributed by atoms with Crippen LogP contribution in [0.1, 0.15) is 29.3 Å². The first kappa shape index (κ1) is 20.5. The average Bonchev–Trinajstić information content (AvgIpc) is 3.15. The van der Waals surface area contributed by atoms with E-state index in [1.54, 1.807) is 6.92 Å². The number of hydrogen-bond donors (Lipinski definition) is 2. The topological polar surface area (TPSA) is 93.6 Å². The van der Waals surface area contributed by atoms with Gasteiger partial charge < -0.3 is 14.3 Å². The standard InChI is InChI=1S/C22H24N2O5Si/c1-14-13-24(21(27)23-20(14)26)18-12-17(25)19(28-18)22(29-30,15-8-4-2-5-9-15)16-10-6-3-7-11-16/h2-11,13,17-19,25H,12H2,1,30H3,(H,23,26,27)/t17-,18+,19-/m0/s1. The fraction of sp³-hybridized carbons (Fsp3) is 0.273. The van der Waals surface area contributed by atoms with Crippen LogP contribution in [-0.2, 0) is 14.8 Å². The number of aryl methyl sites for hydroxylation is 1. The van der Waals surface area contributed by atoms with Crippen molar-refractivity contribution >= 4 is 10.5 Å². The Kier molecular flexibility index (Phi) is 5.57. The largest absolute Gasteiger partial charge is 0.412 e. The number of hydrogen-bond acceptors (Lipinski definition) is 5. The maximum absolute atomic E-state index is 12.4. The highest BCUT2D eigenvalue weighted by molar-refractivity contribution is 5.98. The number of aliphatic hydroxyl groups excluding tert-OH is 1. The van der Waals surface area contributed by atoms with Crippen molar-refractivity contribution in [2.75, 3.05) is 0 Å². The molecule has 0 unspecified atom stereocenters. The predicted molar refractivity (Wildman–Crippen MR) is 115 cm³/mol. The molecule has 30 heavy (non-hydrogen) atoms. The molecule has 0 bridgehead atoms. The van der Waals surface area contributed by atoms with Gasteiger partial charge in [0.2, 0.25) is 0 Å². The van der Waals surface area contributed by atoms with Gasteiger partial charge >= 0.3 is 5.69 Å². The molecule has 8 heteroatoms. The molecular formula is C22H24N2O5Si. The molecule has 1 fully saturated rings. The van der Waals surface area contributed by atoms with Crippen LogP contribution < -0.4 is 11.2 Å². The molecule has 1 aliphatic heterocycles. The Morgan fingerprint density at radius 2 is 1.67 bits per heavy atom. The fourth-order valence-electron chi connectivity index (χ4n) is 4.21. The van der Waals surface area contributed by atoms with Crippen molar-refractivity contribution < 1.29 is 14.3 Å². The maximum atomic E-state index is 12.4. The summed E-state index contributed by atoms with van der Waals surface area (Å²) < 4.78 is 13.8. The van der Waals surface area contributed by atoms with E-state index in [0.717, 1.165) is 11.1 Å². The van der Waals surface area contributed by atoms with Gasteiger partial charge in [-0.05, 0) is 18.1 Å². The summed E-state index contributed by atoms with van der Waals surface area (Å²) in [5.41, 5.74) is 0.0934. The van der Waals surface area contributed by atoms with Gasteiger partial charge in [-0.3, -0.25) is 14.3 Å². The third kappa shape index (κ3) is 3.37. The lowest BCUT2D eigenvalue weighted by molar-refractivity contribution is -0.112. The number of H-pyrrole nitrogens is 1. The molecule has 7 nitrogen and oxygen atoms in total. The van der Waals surface area contributed by atoms with Crippen LogP contribution in [0.5, 0.6) is 0 Å². The average molecular weight is 425 g/mol. The van der Waals surface area contributed by atoms with E-state index >= 15 is 0 Å². The van der Waals surface area contributed by atoms with E-state index in [1.807, 2.05) is 60.7 Å². The molecular weight excluding hydrogens is 400 g/mol. The first-order valence-corrected chi connectivity index (χ1v) is 10.6. The van der Waals surface area contributed by atoms with Gasteiger partial charge in [-0.1, -0.05) is 60.7 Å². The molecule has 2 heterocycles. The summed E-state index contributed by atoms with van der Waals surface area (Å²) in [6, 6.07) is 19.3. The van der Waals surface area contributed by atoms with Gasteiger partial charge in [0.25, 0.3) is 5.56 Å². The summed E-state index contributed by atoms with van der Waals surface area (Å²) in [6.07, 6.45) is -0.693. The Morgan fingerprint density at radius 1 is 1.10 bits per heavy atom. The molecule has 2 N–H and O–H groups in total. The van der Waals surface area contributed by atoms with Crippen molar-refractivity contribution in [1.29, 1.82) is 0 Å². The van der Waals surface area contributed by atoms with Crippen LogP contribution in [0.4, 0.5) is 0 Å². The maximum Gasteiger partial charge on any atom is 0.330 e. The number of benzene rings is 2. The van der Waals surface area contributed by atoms with E-state index in [2.05, 4.69) is 4.98 Å². The summed E-state index contributed by atoms with van der Waals surface area (Å²) in [5, 5.41) is 11.0. The Bertz CT molecular complexity index is 1090. The van der Waals surface area contributed by atoms with Gasteiger partial charge in [0.05, 0.1) is 6.10 Å². The Labute approximate surface area is 176 Å². The van der Waals surface area contributed by atoms with Crippen molar-refractivity contribution in [3.05, 3.63) is 104 Å². The molecule has 0 amide bonds. The molecule has 0 aliphatic carbocycles. The van der Waals surface area contributed by atoms with E-state index in [-0.39, 0.29) is 6.42 Å². The number of rotatable bonds is 5. The van der Waals surface area contributed by atoms with Crippen LogP contribution in [0.15, 0.2) is 76.4 Å². The number of aromatic amines is 1. The summed E-state index contributed by atoms with van der Waals surface area (Å²) in [5.74, 6) is 0. The van der Waals surface area contributed by atoms with E-state index in [4.69, 9.17) is 9.16 Å². The normalized spacial score (nSPS) is 21.7. The fourth-order valence-corrected chi connectivity index (χ4v) is 4.91. The van der Waals surface area contributed by atoms with Crippen molar-refractivity contribution in [3.63, 3.8) is 0 Å². The zero-order valence-electron chi connectivity index (χ0n) is 16.8. The predicted octanol–water partition coefficient (Wildman–Crippen LogP) is 0.734. The monoisotopic (exact) mass is 424 g/mol. The zero-order chi connectivity index (χ0) is 21.3. The second-order valence-electron chi connectivity index (χ2n) is 7.46. The molecule has 2 aromatic carbocycles. The van der Waals surface area contributed by atoms with Crippen LogP contribution in [0.2, 0.25) is 0 Å². The lowest BCUT2D eigenvalue weighted by Crippen LogP contribution is -2.48. The third-order valence-electron chi connectivity index (χ3n) is 5.68. The van der Waals surface area contributed by atoms with Gasteiger partial charge in [-0.25, -0.2) is 4.79 Å². The van der Waals surface area contributed by atoms with Crippen LogP contribution >= 0.6 is 0 Å². The van der Waals surface area contributed by atoms with E-state index in [1.165, 1.54) is 10.8 Å². The lowest BCUT2D eigenvalue weighted by Gasteiger charge is -2.40. The van der Waals surface area contributed by atoms with Gasteiger partial charge in [0, 0.05) is 18.2 Å². The van der Waals surface area contributed by atoms with Crippen LogP contribution in [0.25, 0.3) is 0 Å². The number of ether oxygens (including phenoxy) is 1. The van der Waals surface area contributed by atoms with Gasteiger partial charge in [-0.15, -0.1) is 0 Å². The molecule has 3 atom stereocenters. The number of nitrogens with one attached hydrogen (secondary N) is 1. The van der Waals surface area contributed by atoms with Crippen LogP contribution in [0.3, 0.4) is 0 Å². The molecule has 0 spiro atoms. The molecule has 1 aliphatic rings. The van der Waals surface area contributed by atoms with Crippen molar-refractivity contribution in [2.45, 2.75) is 37.4 Å². The van der Waals surface area contributed by atoms with E-state index in [9.17, 15) is 14.7 Å². The van der Waals surface area contributed by atoms with E-state index < -0.39 is 35.3 Å². The SMILES string of the molecule is Cc1cn([C@H]2C[C@H](O)[C@@H](C(O[SiH3])(c3ccccc3)c3ccccc3)O2)c(=O)[nH]c1=O. The van der Waals surface area contributed by atoms with Crippen molar-refractivity contribution in [2.24, 2.45) is 0 Å². The highest BCUT2D eigenvalue weighted by Crippen LogP contribution is 2.45. The van der Waals surface area contributed by atoms with Crippen molar-refractivity contribution in [3.8, 4) is 0 Å². The molecule has 0 saturated carbocycles. The zero-order valence-corrected chi connectivity index (χ0v) is 18.8. The summed E-state index contributed by atoms with van der Waals surface area (Å²) >= 11 is 0. The number of nitrogens with zero attached hydrogens (tertiary/aromatic N) is 1. The molecule has 156 valence electrons. The first-order chi connectivity index (χ1) is 14.5. The minimum absolute atomic E-state index is 0.197. The summed E-state index contributed by atoms with van der Waals surface area (Å²) in [4.78, 5) is 26.4. The highest BCUT2D eigenvalue weighted by atomic mass is 28.2. The second-order valence-corrected chi connectivity index (χ2v) is 7.87. The van der Waals surface area contributed by atoms with E-state index in [0.29, 0.717) is 16.0 Å². The summed E-state index contributed by atoms with van der Waals surface area (Å²) in [7, 11) is 0.394. The van der Waals surface area contributed by atoms with Crippen molar-refractivity contribution in [1.82, 2.24) is 9.55 Å². The second kappa shape index (κ2) is 8.15. The lowest BCUT2D eigenvalue weighted by atomic mass is 9.79. The molecule has 1 saturated heterocycles. The van der Waals surface area contributed by atoms with Gasteiger partial charge in [0.15, 0.2) is 0 Å². The first-order valence-electron chi connectivity index (χ1n) is 9.79. The molecule has 0 radical (unpaired) electrons. The van der Waals surface area contributed by atoms with Gasteiger partial charge in [-0.2, -0.15) is 0 Å². The van der Waals surface area contributed by atoms with Crippen LogP contribution in [0, 0.1) is 6.92 Å². The third-order valence-corrected chi connectivity index (χ3v) is 6.32. The molecule has 3 aromatic rings. The Morgan fingerprint density at radius 3 is 2.20 bits per heavy atom. The quantitative estimate of drug-likeness (QED) is 0.589. The Balaban J connectivity index is 1.82. The van der Waals surface area contributed by atoms with Crippen LogP contribution in [-0.4, -0.2) is 37.4 Å². The Hall–Kier alpha value is -2.78. The number of aliphatic hydroxyl groups is 1. The molecule has 4 rings (SSSR count). The minimum Gasteiger partial charge on any atom is -0.412 e. The molecule has 1 aromatic heterocycles. The summed E-state index contributed by atoms with van der Waals surface area (Å²) in [6.45, 7) is 1.62. The smallest absolute Gasteiger partial charge is 0.330 e. The number of aromatic nitrogens is 2. The van der Waals surface area contributed by atoms with Gasteiger partial charge in [0.1, 0.15) is 28.4 Å². The minimum atomic E-state index is -1.02. The highest BCUT2D eigenvalue weighted by Gasteiger charge is 2.51.